The van der Waals surface area contributed by atoms with Crippen LogP contribution in [0.3, 0.4) is 0 Å². The Morgan fingerprint density at radius 1 is 1.06 bits per heavy atom. The van der Waals surface area contributed by atoms with Crippen molar-refractivity contribution in [3.8, 4) is 22.6 Å². The lowest BCUT2D eigenvalue weighted by atomic mass is 9.95. The summed E-state index contributed by atoms with van der Waals surface area (Å²) in [5, 5.41) is 5.12. The number of thiazole rings is 1. The van der Waals surface area contributed by atoms with Crippen molar-refractivity contribution < 1.29 is 9.21 Å². The molecule has 0 aliphatic carbocycles. The second-order valence-corrected chi connectivity index (χ2v) is 8.89. The molecule has 5 rings (SSSR count). The van der Waals surface area contributed by atoms with Crippen molar-refractivity contribution in [1.82, 2.24) is 9.88 Å². The molecule has 1 N–H and O–H groups in total. The maximum absolute atomic E-state index is 12.9. The number of hydrogen-bond acceptors (Lipinski definition) is 5. The lowest BCUT2D eigenvalue weighted by Crippen LogP contribution is -2.37. The Hall–Kier alpha value is -3.22. The van der Waals surface area contributed by atoms with Gasteiger partial charge in [-0.25, -0.2) is 4.98 Å². The lowest BCUT2D eigenvalue weighted by Gasteiger charge is -2.31. The third kappa shape index (κ3) is 4.82. The predicted octanol–water partition coefficient (Wildman–Crippen LogP) is 5.92. The predicted molar refractivity (Wildman–Crippen MR) is 128 cm³/mol. The molecule has 1 aliphatic rings. The van der Waals surface area contributed by atoms with Gasteiger partial charge in [0, 0.05) is 34.7 Å². The Labute approximate surface area is 191 Å². The topological polar surface area (TPSA) is 58.4 Å². The minimum absolute atomic E-state index is 0.0450. The second-order valence-electron chi connectivity index (χ2n) is 8.17. The zero-order chi connectivity index (χ0) is 21.8. The molecule has 5 nitrogen and oxygen atoms in total. The summed E-state index contributed by atoms with van der Waals surface area (Å²) in [7, 11) is 0. The van der Waals surface area contributed by atoms with Gasteiger partial charge in [-0.3, -0.25) is 9.69 Å². The Bertz CT molecular complexity index is 1160. The molecule has 1 saturated heterocycles. The zero-order valence-electron chi connectivity index (χ0n) is 17.7. The number of nitrogens with one attached hydrogen (secondary N) is 1. The van der Waals surface area contributed by atoms with E-state index < -0.39 is 0 Å². The maximum Gasteiger partial charge on any atom is 0.227 e. The second kappa shape index (κ2) is 9.51. The van der Waals surface area contributed by atoms with E-state index in [1.165, 1.54) is 5.56 Å². The van der Waals surface area contributed by atoms with Gasteiger partial charge in [0.15, 0.2) is 0 Å². The molecule has 3 heterocycles. The minimum atomic E-state index is 0.0450. The molecule has 0 bridgehead atoms. The minimum Gasteiger partial charge on any atom is -0.464 e. The summed E-state index contributed by atoms with van der Waals surface area (Å²) in [6.07, 6.45) is 3.44. The number of hydrogen-bond donors (Lipinski definition) is 1. The van der Waals surface area contributed by atoms with Gasteiger partial charge in [-0.15, -0.1) is 11.3 Å². The van der Waals surface area contributed by atoms with E-state index >= 15 is 0 Å². The van der Waals surface area contributed by atoms with Crippen LogP contribution in [-0.2, 0) is 11.3 Å². The molecule has 1 fully saturated rings. The van der Waals surface area contributed by atoms with E-state index in [9.17, 15) is 4.79 Å². The van der Waals surface area contributed by atoms with Crippen LogP contribution in [0.1, 0.15) is 18.4 Å². The fourth-order valence-corrected chi connectivity index (χ4v) is 4.79. The number of anilines is 1. The fourth-order valence-electron chi connectivity index (χ4n) is 4.23. The van der Waals surface area contributed by atoms with Gasteiger partial charge in [0.25, 0.3) is 0 Å². The molecule has 1 amide bonds. The summed E-state index contributed by atoms with van der Waals surface area (Å²) in [6.45, 7) is 2.72. The molecule has 0 spiro atoms. The number of piperidine rings is 1. The molecule has 0 radical (unpaired) electrons. The quantitative estimate of drug-likeness (QED) is 0.402. The summed E-state index contributed by atoms with van der Waals surface area (Å²) in [4.78, 5) is 19.6. The van der Waals surface area contributed by atoms with Crippen molar-refractivity contribution in [2.75, 3.05) is 18.4 Å². The zero-order valence-corrected chi connectivity index (χ0v) is 18.6. The monoisotopic (exact) mass is 443 g/mol. The first-order valence-corrected chi connectivity index (χ1v) is 11.8. The SMILES string of the molecule is O=C(Nc1cccc(-c2cscn2)c1)C1CCN(Cc2cccc(-c3ccco3)c2)CC1. The number of carbonyl (C=O) groups is 1. The third-order valence-electron chi connectivity index (χ3n) is 5.96. The van der Waals surface area contributed by atoms with E-state index in [1.807, 2.05) is 47.3 Å². The van der Waals surface area contributed by atoms with E-state index in [0.717, 1.165) is 60.7 Å². The normalized spacial score (nSPS) is 15.0. The number of amides is 1. The third-order valence-corrected chi connectivity index (χ3v) is 6.54. The van der Waals surface area contributed by atoms with Crippen LogP contribution in [-0.4, -0.2) is 28.9 Å². The number of carbonyl (C=O) groups excluding carboxylic acids is 1. The van der Waals surface area contributed by atoms with Crippen LogP contribution in [0.5, 0.6) is 0 Å². The molecule has 2 aromatic heterocycles. The average molecular weight is 444 g/mol. The number of aromatic nitrogens is 1. The van der Waals surface area contributed by atoms with Crippen molar-refractivity contribution in [2.24, 2.45) is 5.92 Å². The van der Waals surface area contributed by atoms with Crippen molar-refractivity contribution in [1.29, 1.82) is 0 Å². The Morgan fingerprint density at radius 3 is 2.69 bits per heavy atom. The van der Waals surface area contributed by atoms with Gasteiger partial charge in [0.1, 0.15) is 5.76 Å². The van der Waals surface area contributed by atoms with Crippen LogP contribution >= 0.6 is 11.3 Å². The molecular formula is C26H25N3O2S. The smallest absolute Gasteiger partial charge is 0.227 e. The van der Waals surface area contributed by atoms with Crippen molar-refractivity contribution >= 4 is 22.9 Å². The highest BCUT2D eigenvalue weighted by Crippen LogP contribution is 2.26. The van der Waals surface area contributed by atoms with Crippen molar-refractivity contribution in [2.45, 2.75) is 19.4 Å². The number of benzene rings is 2. The van der Waals surface area contributed by atoms with Crippen LogP contribution in [0.15, 0.2) is 82.2 Å². The lowest BCUT2D eigenvalue weighted by molar-refractivity contribution is -0.121. The van der Waals surface area contributed by atoms with Gasteiger partial charge < -0.3 is 9.73 Å². The van der Waals surface area contributed by atoms with Crippen molar-refractivity contribution in [3.63, 3.8) is 0 Å². The van der Waals surface area contributed by atoms with E-state index in [2.05, 4.69) is 39.5 Å². The van der Waals surface area contributed by atoms with E-state index in [0.29, 0.717) is 0 Å². The highest BCUT2D eigenvalue weighted by Gasteiger charge is 2.25. The standard InChI is InChI=1S/C26H25N3O2S/c30-26(28-23-7-2-5-21(15-23)24-17-32-18-27-24)20-9-11-29(12-10-20)16-19-4-1-6-22(14-19)25-8-3-13-31-25/h1-8,13-15,17-18,20H,9-12,16H2,(H,28,30). The molecule has 4 aromatic rings. The molecule has 1 aliphatic heterocycles. The molecule has 6 heteroatoms. The highest BCUT2D eigenvalue weighted by molar-refractivity contribution is 7.07. The number of likely N-dealkylation sites (tertiary alicyclic amines) is 1. The Morgan fingerprint density at radius 2 is 1.91 bits per heavy atom. The summed E-state index contributed by atoms with van der Waals surface area (Å²) in [5.41, 5.74) is 6.98. The fraction of sp³-hybridized carbons (Fsp3) is 0.231. The van der Waals surface area contributed by atoms with Crippen LogP contribution < -0.4 is 5.32 Å². The van der Waals surface area contributed by atoms with Gasteiger partial charge in [0.05, 0.1) is 17.5 Å². The number of nitrogens with zero attached hydrogens (tertiary/aromatic N) is 2. The van der Waals surface area contributed by atoms with Crippen LogP contribution in [0.2, 0.25) is 0 Å². The van der Waals surface area contributed by atoms with E-state index in [4.69, 9.17) is 4.42 Å². The average Bonchev–Trinajstić information content (AvgIpc) is 3.55. The molecule has 2 aromatic carbocycles. The van der Waals surface area contributed by atoms with Gasteiger partial charge in [-0.05, 0) is 61.8 Å². The molecule has 0 atom stereocenters. The molecule has 0 unspecified atom stereocenters. The van der Waals surface area contributed by atoms with E-state index in [1.54, 1.807) is 17.6 Å². The Kier molecular flexibility index (Phi) is 6.14. The highest BCUT2D eigenvalue weighted by atomic mass is 32.1. The van der Waals surface area contributed by atoms with Gasteiger partial charge >= 0.3 is 0 Å². The molecule has 0 saturated carbocycles. The summed E-state index contributed by atoms with van der Waals surface area (Å²) in [6, 6.07) is 20.3. The molecule has 162 valence electrons. The molecule has 32 heavy (non-hydrogen) atoms. The van der Waals surface area contributed by atoms with Crippen molar-refractivity contribution in [3.05, 3.63) is 83.4 Å². The molecular weight excluding hydrogens is 418 g/mol. The first-order chi connectivity index (χ1) is 15.7. The van der Waals surface area contributed by atoms with E-state index in [-0.39, 0.29) is 11.8 Å². The first kappa shape index (κ1) is 20.7. The summed E-state index contributed by atoms with van der Waals surface area (Å²) >= 11 is 1.57. The largest absolute Gasteiger partial charge is 0.464 e. The summed E-state index contributed by atoms with van der Waals surface area (Å²) in [5.74, 6) is 1.05. The van der Waals surface area contributed by atoms with Crippen LogP contribution in [0.4, 0.5) is 5.69 Å². The van der Waals surface area contributed by atoms with Crippen LogP contribution in [0.25, 0.3) is 22.6 Å². The van der Waals surface area contributed by atoms with Gasteiger partial charge in [-0.2, -0.15) is 0 Å². The first-order valence-electron chi connectivity index (χ1n) is 10.9. The number of furan rings is 1. The van der Waals surface area contributed by atoms with Gasteiger partial charge in [0.2, 0.25) is 5.91 Å². The Balaban J connectivity index is 1.15. The van der Waals surface area contributed by atoms with Crippen LogP contribution in [0, 0.1) is 5.92 Å². The summed E-state index contributed by atoms with van der Waals surface area (Å²) < 4.78 is 5.52. The number of rotatable bonds is 6. The maximum atomic E-state index is 12.9. The van der Waals surface area contributed by atoms with Gasteiger partial charge in [-0.1, -0.05) is 30.3 Å².